The minimum atomic E-state index is -0.342. The maximum absolute atomic E-state index is 12.1. The predicted molar refractivity (Wildman–Crippen MR) is 89.6 cm³/mol. The van der Waals surface area contributed by atoms with Gasteiger partial charge in [0.25, 0.3) is 0 Å². The molecule has 23 heavy (non-hydrogen) atoms. The van der Waals surface area contributed by atoms with E-state index in [9.17, 15) is 4.79 Å². The third-order valence-corrected chi connectivity index (χ3v) is 4.83. The summed E-state index contributed by atoms with van der Waals surface area (Å²) in [5, 5.41) is 11.2. The van der Waals surface area contributed by atoms with Crippen LogP contribution in [0.4, 0.5) is 0 Å². The van der Waals surface area contributed by atoms with E-state index in [0.717, 1.165) is 24.1 Å². The van der Waals surface area contributed by atoms with Crippen LogP contribution in [-0.4, -0.2) is 30.2 Å². The lowest BCUT2D eigenvalue weighted by Gasteiger charge is -2.23. The second-order valence-electron chi connectivity index (χ2n) is 6.14. The summed E-state index contributed by atoms with van der Waals surface area (Å²) in [7, 11) is 0. The molecule has 0 spiro atoms. The number of halogens is 1. The molecule has 0 unspecified atom stereocenters. The van der Waals surface area contributed by atoms with Crippen molar-refractivity contribution >= 4 is 23.1 Å². The summed E-state index contributed by atoms with van der Waals surface area (Å²) in [5.41, 5.74) is 7.53. The van der Waals surface area contributed by atoms with E-state index in [1.54, 1.807) is 6.92 Å². The molecule has 0 aromatic heterocycles. The minimum absolute atomic E-state index is 0.0214. The molecule has 2 aliphatic rings. The molecular formula is C17H20ClN3O2. The van der Waals surface area contributed by atoms with E-state index in [1.165, 1.54) is 0 Å². The lowest BCUT2D eigenvalue weighted by atomic mass is 9.99. The zero-order valence-electron chi connectivity index (χ0n) is 12.9. The summed E-state index contributed by atoms with van der Waals surface area (Å²) < 4.78 is 5.96. The Balaban J connectivity index is 1.65. The number of Topliss-reactive ketones (excluding diaryl/α,β-unsaturated/α-hetero) is 1. The number of hydrogen-bond donors (Lipinski definition) is 3. The maximum atomic E-state index is 12.1. The van der Waals surface area contributed by atoms with Crippen LogP contribution in [0.15, 0.2) is 35.0 Å². The minimum Gasteiger partial charge on any atom is -0.401 e. The number of nitrogens with one attached hydrogen (secondary N) is 2. The zero-order valence-corrected chi connectivity index (χ0v) is 13.7. The molecule has 4 N–H and O–H groups in total. The molecule has 2 aliphatic heterocycles. The Hall–Kier alpha value is -1.69. The number of rotatable bonds is 5. The number of ether oxygens (including phenoxy) is 1. The summed E-state index contributed by atoms with van der Waals surface area (Å²) in [4.78, 5) is 12.1. The second kappa shape index (κ2) is 6.43. The Morgan fingerprint density at radius 2 is 2.13 bits per heavy atom. The van der Waals surface area contributed by atoms with Crippen molar-refractivity contribution in [3.63, 3.8) is 0 Å². The van der Waals surface area contributed by atoms with Crippen molar-refractivity contribution in [1.29, 1.82) is 5.41 Å². The van der Waals surface area contributed by atoms with Gasteiger partial charge in [-0.05, 0) is 24.5 Å². The first-order valence-electron chi connectivity index (χ1n) is 7.67. The van der Waals surface area contributed by atoms with Gasteiger partial charge in [-0.2, -0.15) is 0 Å². The number of carbonyl (C=O) groups is 1. The zero-order chi connectivity index (χ0) is 16.6. The van der Waals surface area contributed by atoms with Crippen LogP contribution in [0.2, 0.25) is 0 Å². The van der Waals surface area contributed by atoms with Gasteiger partial charge < -0.3 is 15.8 Å². The average molecular weight is 334 g/mol. The Kier molecular flexibility index (Phi) is 4.53. The summed E-state index contributed by atoms with van der Waals surface area (Å²) in [6.45, 7) is 2.51. The van der Waals surface area contributed by atoms with Crippen LogP contribution >= 0.6 is 11.6 Å². The Morgan fingerprint density at radius 1 is 1.43 bits per heavy atom. The quantitative estimate of drug-likeness (QED) is 0.720. The van der Waals surface area contributed by atoms with Gasteiger partial charge in [0.15, 0.2) is 5.78 Å². The van der Waals surface area contributed by atoms with Gasteiger partial charge in [0.2, 0.25) is 0 Å². The summed E-state index contributed by atoms with van der Waals surface area (Å²) in [5.74, 6) is -0.342. The number of benzene rings is 1. The van der Waals surface area contributed by atoms with E-state index in [0.29, 0.717) is 12.1 Å². The largest absolute Gasteiger partial charge is 0.401 e. The Labute approximate surface area is 140 Å². The summed E-state index contributed by atoms with van der Waals surface area (Å²) >= 11 is 5.86. The smallest absolute Gasteiger partial charge is 0.186 e. The average Bonchev–Trinajstić information content (AvgIpc) is 3.17. The van der Waals surface area contributed by atoms with Crippen LogP contribution in [0.3, 0.4) is 0 Å². The van der Waals surface area contributed by atoms with Crippen LogP contribution in [0.25, 0.3) is 0 Å². The molecule has 0 saturated carbocycles. The van der Waals surface area contributed by atoms with Crippen LogP contribution < -0.4 is 11.1 Å². The third-order valence-electron chi connectivity index (χ3n) is 4.35. The number of nitrogens with two attached hydrogens (primary N) is 1. The standard InChI is InChI=1S/C17H20ClN3O2/c1-9(19)15(18)16(20)14(22)6-10-2-4-11(5-3-10)17-13-7-12(23-17)8-21-13/h2-5,12-13,17,20-21H,6-8,19H2,1H3/t12-,13-,17+/m0/s1. The molecule has 2 fully saturated rings. The first-order valence-corrected chi connectivity index (χ1v) is 8.05. The van der Waals surface area contributed by atoms with Gasteiger partial charge in [0.1, 0.15) is 5.71 Å². The van der Waals surface area contributed by atoms with Gasteiger partial charge in [-0.25, -0.2) is 0 Å². The van der Waals surface area contributed by atoms with Crippen LogP contribution in [0.1, 0.15) is 30.6 Å². The van der Waals surface area contributed by atoms with E-state index < -0.39 is 0 Å². The second-order valence-corrected chi connectivity index (χ2v) is 6.52. The molecule has 0 aliphatic carbocycles. The normalized spacial score (nSPS) is 27.0. The molecule has 3 rings (SSSR count). The number of hydrogen-bond acceptors (Lipinski definition) is 5. The van der Waals surface area contributed by atoms with Gasteiger partial charge in [0.05, 0.1) is 17.2 Å². The molecule has 2 bridgehead atoms. The third kappa shape index (κ3) is 3.32. The molecule has 122 valence electrons. The number of ketones is 1. The van der Waals surface area contributed by atoms with E-state index in [-0.39, 0.29) is 34.7 Å². The van der Waals surface area contributed by atoms with E-state index in [2.05, 4.69) is 5.32 Å². The molecule has 1 aromatic carbocycles. The lowest BCUT2D eigenvalue weighted by molar-refractivity contribution is -0.112. The molecule has 6 heteroatoms. The highest BCUT2D eigenvalue weighted by Crippen LogP contribution is 2.36. The van der Waals surface area contributed by atoms with Gasteiger partial charge in [0, 0.05) is 24.7 Å². The molecule has 3 atom stereocenters. The molecule has 1 aromatic rings. The molecule has 5 nitrogen and oxygen atoms in total. The number of carbonyl (C=O) groups excluding carboxylic acids is 1. The SMILES string of the molecule is CC(N)=C(Cl)C(=N)C(=O)Cc1ccc([C@H]2O[C@@H]3CN[C@H]2C3)cc1. The van der Waals surface area contributed by atoms with E-state index >= 15 is 0 Å². The number of morpholine rings is 1. The highest BCUT2D eigenvalue weighted by Gasteiger charge is 2.41. The first kappa shape index (κ1) is 16.2. The molecule has 2 saturated heterocycles. The fourth-order valence-electron chi connectivity index (χ4n) is 3.10. The van der Waals surface area contributed by atoms with Gasteiger partial charge in [-0.15, -0.1) is 0 Å². The van der Waals surface area contributed by atoms with Crippen molar-refractivity contribution in [2.24, 2.45) is 5.73 Å². The van der Waals surface area contributed by atoms with Crippen molar-refractivity contribution in [3.05, 3.63) is 46.1 Å². The Bertz CT molecular complexity index is 665. The fraction of sp³-hybridized carbons (Fsp3) is 0.412. The highest BCUT2D eigenvalue weighted by atomic mass is 35.5. The maximum Gasteiger partial charge on any atom is 0.186 e. The van der Waals surface area contributed by atoms with Gasteiger partial charge in [-0.3, -0.25) is 10.2 Å². The van der Waals surface area contributed by atoms with Gasteiger partial charge >= 0.3 is 0 Å². The molecule has 2 heterocycles. The summed E-state index contributed by atoms with van der Waals surface area (Å²) in [6, 6.07) is 8.18. The van der Waals surface area contributed by atoms with Crippen molar-refractivity contribution in [2.45, 2.75) is 38.0 Å². The van der Waals surface area contributed by atoms with Crippen LogP contribution in [0.5, 0.6) is 0 Å². The van der Waals surface area contributed by atoms with Crippen molar-refractivity contribution in [3.8, 4) is 0 Å². The van der Waals surface area contributed by atoms with E-state index in [1.807, 2.05) is 24.3 Å². The van der Waals surface area contributed by atoms with Crippen LogP contribution in [-0.2, 0) is 16.0 Å². The molecular weight excluding hydrogens is 314 g/mol. The Morgan fingerprint density at radius 3 is 2.65 bits per heavy atom. The summed E-state index contributed by atoms with van der Waals surface area (Å²) in [6.07, 6.45) is 1.61. The van der Waals surface area contributed by atoms with Crippen molar-refractivity contribution in [1.82, 2.24) is 5.32 Å². The molecule has 0 radical (unpaired) electrons. The fourth-order valence-corrected chi connectivity index (χ4v) is 3.20. The predicted octanol–water partition coefficient (Wildman–Crippen LogP) is 2.05. The topological polar surface area (TPSA) is 88.2 Å². The number of allylic oxidation sites excluding steroid dienone is 2. The number of fused-ring (bicyclic) bond motifs is 2. The monoisotopic (exact) mass is 333 g/mol. The highest BCUT2D eigenvalue weighted by molar-refractivity contribution is 6.59. The van der Waals surface area contributed by atoms with Crippen molar-refractivity contribution < 1.29 is 9.53 Å². The lowest BCUT2D eigenvalue weighted by Crippen LogP contribution is -2.33. The van der Waals surface area contributed by atoms with Crippen molar-refractivity contribution in [2.75, 3.05) is 6.54 Å². The first-order chi connectivity index (χ1) is 11.0. The van der Waals surface area contributed by atoms with Crippen LogP contribution in [0, 0.1) is 5.41 Å². The van der Waals surface area contributed by atoms with E-state index in [4.69, 9.17) is 27.5 Å². The molecule has 0 amide bonds. The van der Waals surface area contributed by atoms with Gasteiger partial charge in [-0.1, -0.05) is 35.9 Å².